The van der Waals surface area contributed by atoms with Crippen LogP contribution in [-0.4, -0.2) is 30.6 Å². The number of rotatable bonds is 6. The van der Waals surface area contributed by atoms with Crippen molar-refractivity contribution in [1.29, 1.82) is 0 Å². The zero-order chi connectivity index (χ0) is 13.4. The van der Waals surface area contributed by atoms with E-state index in [1.54, 1.807) is 18.4 Å². The summed E-state index contributed by atoms with van der Waals surface area (Å²) in [4.78, 5) is 8.63. The number of aliphatic imine (C=N–C) groups is 1. The standard InChI is InChI=1S/C13H24N4S/c1-10(2)16-13(14-4)15-8-6-5-7-12-17-11(3)9-18-12/h9-10H,5-8H2,1-4H3,(H2,14,15,16). The van der Waals surface area contributed by atoms with Crippen LogP contribution >= 0.6 is 11.3 Å². The summed E-state index contributed by atoms with van der Waals surface area (Å²) in [7, 11) is 1.80. The van der Waals surface area contributed by atoms with Gasteiger partial charge in [-0.15, -0.1) is 11.3 Å². The van der Waals surface area contributed by atoms with Crippen LogP contribution < -0.4 is 10.6 Å². The highest BCUT2D eigenvalue weighted by atomic mass is 32.1. The third-order valence-corrected chi connectivity index (χ3v) is 3.45. The van der Waals surface area contributed by atoms with E-state index in [1.165, 1.54) is 11.4 Å². The highest BCUT2D eigenvalue weighted by molar-refractivity contribution is 7.09. The minimum Gasteiger partial charge on any atom is -0.356 e. The molecular formula is C13H24N4S. The number of nitrogens with one attached hydrogen (secondary N) is 2. The number of aryl methyl sites for hydroxylation is 2. The number of unbranched alkanes of at least 4 members (excludes halogenated alkanes) is 1. The quantitative estimate of drug-likeness (QED) is 0.473. The highest BCUT2D eigenvalue weighted by Crippen LogP contribution is 2.11. The van der Waals surface area contributed by atoms with E-state index in [4.69, 9.17) is 0 Å². The van der Waals surface area contributed by atoms with Crippen LogP contribution in [0.3, 0.4) is 0 Å². The first-order valence-corrected chi connectivity index (χ1v) is 7.38. The van der Waals surface area contributed by atoms with Crippen molar-refractivity contribution < 1.29 is 0 Å². The van der Waals surface area contributed by atoms with Crippen molar-refractivity contribution in [3.8, 4) is 0 Å². The van der Waals surface area contributed by atoms with Gasteiger partial charge in [0, 0.05) is 30.7 Å². The number of hydrogen-bond donors (Lipinski definition) is 2. The van der Waals surface area contributed by atoms with Crippen molar-refractivity contribution in [2.24, 2.45) is 4.99 Å². The molecule has 0 aliphatic heterocycles. The van der Waals surface area contributed by atoms with Crippen LogP contribution in [0, 0.1) is 6.92 Å². The molecule has 1 rings (SSSR count). The molecule has 2 N–H and O–H groups in total. The van der Waals surface area contributed by atoms with Crippen molar-refractivity contribution in [1.82, 2.24) is 15.6 Å². The lowest BCUT2D eigenvalue weighted by Gasteiger charge is -2.14. The molecule has 0 aliphatic carbocycles. The Morgan fingerprint density at radius 1 is 1.44 bits per heavy atom. The number of hydrogen-bond acceptors (Lipinski definition) is 3. The molecule has 0 aliphatic rings. The van der Waals surface area contributed by atoms with Crippen LogP contribution in [0.2, 0.25) is 0 Å². The Morgan fingerprint density at radius 2 is 2.22 bits per heavy atom. The van der Waals surface area contributed by atoms with Gasteiger partial charge in [0.1, 0.15) is 0 Å². The van der Waals surface area contributed by atoms with Crippen LogP contribution in [0.4, 0.5) is 0 Å². The first kappa shape index (κ1) is 15.0. The molecule has 18 heavy (non-hydrogen) atoms. The van der Waals surface area contributed by atoms with Crippen LogP contribution in [0.1, 0.15) is 37.4 Å². The lowest BCUT2D eigenvalue weighted by molar-refractivity contribution is 0.666. The fourth-order valence-electron chi connectivity index (χ4n) is 1.59. The number of nitrogens with zero attached hydrogens (tertiary/aromatic N) is 2. The summed E-state index contributed by atoms with van der Waals surface area (Å²) >= 11 is 1.76. The summed E-state index contributed by atoms with van der Waals surface area (Å²) in [5, 5.41) is 9.94. The third-order valence-electron chi connectivity index (χ3n) is 2.43. The molecule has 0 atom stereocenters. The maximum absolute atomic E-state index is 4.46. The second-order valence-electron chi connectivity index (χ2n) is 4.64. The van der Waals surface area contributed by atoms with Gasteiger partial charge in [0.2, 0.25) is 0 Å². The van der Waals surface area contributed by atoms with Crippen LogP contribution in [0.15, 0.2) is 10.4 Å². The van der Waals surface area contributed by atoms with E-state index in [-0.39, 0.29) is 0 Å². The van der Waals surface area contributed by atoms with Crippen LogP contribution in [0.5, 0.6) is 0 Å². The average Bonchev–Trinajstić information content (AvgIpc) is 2.72. The maximum Gasteiger partial charge on any atom is 0.191 e. The fraction of sp³-hybridized carbons (Fsp3) is 0.692. The average molecular weight is 268 g/mol. The van der Waals surface area contributed by atoms with Gasteiger partial charge in [-0.1, -0.05) is 0 Å². The molecular weight excluding hydrogens is 244 g/mol. The SMILES string of the molecule is CN=C(NCCCCc1nc(C)cs1)NC(C)C. The second-order valence-corrected chi connectivity index (χ2v) is 5.58. The molecule has 0 saturated carbocycles. The Labute approximate surface area is 114 Å². The first-order valence-electron chi connectivity index (χ1n) is 6.50. The van der Waals surface area contributed by atoms with E-state index in [1.807, 2.05) is 6.92 Å². The van der Waals surface area contributed by atoms with E-state index in [9.17, 15) is 0 Å². The summed E-state index contributed by atoms with van der Waals surface area (Å²) in [6, 6.07) is 0.412. The molecule has 1 heterocycles. The van der Waals surface area contributed by atoms with Crippen molar-refractivity contribution in [3.63, 3.8) is 0 Å². The van der Waals surface area contributed by atoms with E-state index < -0.39 is 0 Å². The summed E-state index contributed by atoms with van der Waals surface area (Å²) in [6.45, 7) is 7.22. The van der Waals surface area contributed by atoms with Gasteiger partial charge in [-0.3, -0.25) is 4.99 Å². The summed E-state index contributed by atoms with van der Waals surface area (Å²) in [5.74, 6) is 0.884. The normalized spacial score (nSPS) is 11.9. The lowest BCUT2D eigenvalue weighted by atomic mass is 10.2. The monoisotopic (exact) mass is 268 g/mol. The molecule has 0 saturated heterocycles. The number of guanidine groups is 1. The molecule has 0 radical (unpaired) electrons. The maximum atomic E-state index is 4.46. The number of thiazole rings is 1. The molecule has 4 nitrogen and oxygen atoms in total. The van der Waals surface area contributed by atoms with Crippen LogP contribution in [-0.2, 0) is 6.42 Å². The van der Waals surface area contributed by atoms with Crippen molar-refractivity contribution >= 4 is 17.3 Å². The van der Waals surface area contributed by atoms with Gasteiger partial charge < -0.3 is 10.6 Å². The van der Waals surface area contributed by atoms with Gasteiger partial charge in [-0.2, -0.15) is 0 Å². The van der Waals surface area contributed by atoms with Crippen LogP contribution in [0.25, 0.3) is 0 Å². The van der Waals surface area contributed by atoms with Gasteiger partial charge in [-0.25, -0.2) is 4.98 Å². The minimum absolute atomic E-state index is 0.412. The highest BCUT2D eigenvalue weighted by Gasteiger charge is 2.00. The molecule has 102 valence electrons. The number of aromatic nitrogens is 1. The van der Waals surface area contributed by atoms with Gasteiger partial charge in [-0.05, 0) is 40.0 Å². The Balaban J connectivity index is 2.11. The Bertz CT molecular complexity index is 371. The minimum atomic E-state index is 0.412. The molecule has 0 fully saturated rings. The third kappa shape index (κ3) is 6.00. The molecule has 0 amide bonds. The first-order chi connectivity index (χ1) is 8.61. The van der Waals surface area contributed by atoms with Crippen molar-refractivity contribution in [2.45, 2.75) is 46.1 Å². The van der Waals surface area contributed by atoms with Gasteiger partial charge in [0.15, 0.2) is 5.96 Å². The molecule has 0 bridgehead atoms. The summed E-state index contributed by atoms with van der Waals surface area (Å²) in [6.07, 6.45) is 3.38. The topological polar surface area (TPSA) is 49.3 Å². The molecule has 5 heteroatoms. The lowest BCUT2D eigenvalue weighted by Crippen LogP contribution is -2.41. The van der Waals surface area contributed by atoms with E-state index in [0.29, 0.717) is 6.04 Å². The molecule has 1 aromatic rings. The van der Waals surface area contributed by atoms with Gasteiger partial charge in [0.25, 0.3) is 0 Å². The predicted octanol–water partition coefficient (Wildman–Crippen LogP) is 2.35. The van der Waals surface area contributed by atoms with Gasteiger partial charge >= 0.3 is 0 Å². The molecule has 0 unspecified atom stereocenters. The molecule has 0 spiro atoms. The molecule has 1 aromatic heterocycles. The Kier molecular flexibility index (Phi) is 6.72. The Morgan fingerprint density at radius 3 is 2.78 bits per heavy atom. The second kappa shape index (κ2) is 8.08. The fourth-order valence-corrected chi connectivity index (χ4v) is 2.41. The zero-order valence-electron chi connectivity index (χ0n) is 11.8. The smallest absolute Gasteiger partial charge is 0.191 e. The largest absolute Gasteiger partial charge is 0.356 e. The molecule has 0 aromatic carbocycles. The van der Waals surface area contributed by atoms with E-state index in [0.717, 1.165) is 31.0 Å². The predicted molar refractivity (Wildman–Crippen MR) is 79.4 cm³/mol. The summed E-state index contributed by atoms with van der Waals surface area (Å²) < 4.78 is 0. The zero-order valence-corrected chi connectivity index (χ0v) is 12.6. The van der Waals surface area contributed by atoms with Crippen molar-refractivity contribution in [2.75, 3.05) is 13.6 Å². The van der Waals surface area contributed by atoms with E-state index >= 15 is 0 Å². The van der Waals surface area contributed by atoms with E-state index in [2.05, 4.69) is 39.8 Å². The Hall–Kier alpha value is -1.10. The van der Waals surface area contributed by atoms with Crippen molar-refractivity contribution in [3.05, 3.63) is 16.1 Å². The summed E-state index contributed by atoms with van der Waals surface area (Å²) in [5.41, 5.74) is 1.13. The van der Waals surface area contributed by atoms with Gasteiger partial charge in [0.05, 0.1) is 5.01 Å².